The van der Waals surface area contributed by atoms with Crippen LogP contribution in [-0.2, 0) is 6.61 Å². The monoisotopic (exact) mass is 379 g/mol. The molecule has 0 aliphatic carbocycles. The van der Waals surface area contributed by atoms with Crippen LogP contribution in [0.15, 0.2) is 30.5 Å². The molecule has 0 atom stereocenters. The average molecular weight is 379 g/mol. The Bertz CT molecular complexity index is 943. The van der Waals surface area contributed by atoms with Crippen molar-refractivity contribution in [1.82, 2.24) is 30.3 Å². The summed E-state index contributed by atoms with van der Waals surface area (Å²) in [5.41, 5.74) is 5.30. The summed E-state index contributed by atoms with van der Waals surface area (Å²) in [6.07, 6.45) is 3.66. The third kappa shape index (κ3) is 3.88. The topological polar surface area (TPSA) is 101 Å². The summed E-state index contributed by atoms with van der Waals surface area (Å²) >= 11 is 0. The molecule has 146 valence electrons. The molecule has 1 aliphatic heterocycles. The van der Waals surface area contributed by atoms with Crippen LogP contribution in [-0.4, -0.2) is 43.2 Å². The number of rotatable bonds is 5. The molecule has 0 unspecified atom stereocenters. The quantitative estimate of drug-likeness (QED) is 0.626. The molecule has 4 rings (SSSR count). The minimum Gasteiger partial charge on any atom is -0.390 e. The fourth-order valence-electron chi connectivity index (χ4n) is 3.73. The molecule has 0 amide bonds. The number of aromatic nitrogens is 5. The number of nitrogens with zero attached hydrogens (tertiary/aromatic N) is 5. The predicted molar refractivity (Wildman–Crippen MR) is 107 cm³/mol. The first-order valence-corrected chi connectivity index (χ1v) is 9.58. The molecule has 28 heavy (non-hydrogen) atoms. The maximum atomic E-state index is 9.77. The molecule has 8 nitrogen and oxygen atoms in total. The Kier molecular flexibility index (Phi) is 5.31. The number of benzene rings is 1. The molecule has 3 heterocycles. The molecule has 0 saturated carbocycles. The Hall–Kier alpha value is -2.84. The number of hydrogen-bond donors (Lipinski definition) is 3. The SMILES string of the molecule is Cc1cc(C)cc(Nc2nccc(-c3c(CO)nnn3C3CCNCC3)n2)c1. The third-order valence-electron chi connectivity index (χ3n) is 4.94. The summed E-state index contributed by atoms with van der Waals surface area (Å²) in [5.74, 6) is 0.504. The van der Waals surface area contributed by atoms with Crippen LogP contribution in [0.2, 0.25) is 0 Å². The van der Waals surface area contributed by atoms with Gasteiger partial charge in [0, 0.05) is 11.9 Å². The normalized spacial score (nSPS) is 15.0. The van der Waals surface area contributed by atoms with E-state index in [-0.39, 0.29) is 12.6 Å². The number of aliphatic hydroxyl groups excluding tert-OH is 1. The Balaban J connectivity index is 1.68. The highest BCUT2D eigenvalue weighted by Crippen LogP contribution is 2.28. The zero-order valence-corrected chi connectivity index (χ0v) is 16.2. The number of piperidine rings is 1. The Morgan fingerprint density at radius 2 is 1.93 bits per heavy atom. The van der Waals surface area contributed by atoms with Crippen molar-refractivity contribution in [2.45, 2.75) is 39.3 Å². The lowest BCUT2D eigenvalue weighted by molar-refractivity contribution is 0.277. The molecule has 1 saturated heterocycles. The van der Waals surface area contributed by atoms with Gasteiger partial charge in [-0.3, -0.25) is 0 Å². The van der Waals surface area contributed by atoms with Crippen LogP contribution in [0.4, 0.5) is 11.6 Å². The summed E-state index contributed by atoms with van der Waals surface area (Å²) in [7, 11) is 0. The summed E-state index contributed by atoms with van der Waals surface area (Å²) < 4.78 is 1.91. The molecule has 1 aromatic carbocycles. The van der Waals surface area contributed by atoms with E-state index in [0.717, 1.165) is 37.3 Å². The van der Waals surface area contributed by atoms with Gasteiger partial charge in [-0.1, -0.05) is 11.3 Å². The van der Waals surface area contributed by atoms with Gasteiger partial charge >= 0.3 is 0 Å². The summed E-state index contributed by atoms with van der Waals surface area (Å²) in [6, 6.07) is 8.32. The van der Waals surface area contributed by atoms with Crippen LogP contribution >= 0.6 is 0 Å². The van der Waals surface area contributed by atoms with E-state index in [0.29, 0.717) is 17.3 Å². The van der Waals surface area contributed by atoms with Gasteiger partial charge in [0.2, 0.25) is 5.95 Å². The zero-order valence-electron chi connectivity index (χ0n) is 16.2. The molecule has 0 bridgehead atoms. The van der Waals surface area contributed by atoms with Gasteiger partial charge in [0.1, 0.15) is 11.4 Å². The van der Waals surface area contributed by atoms with Crippen molar-refractivity contribution >= 4 is 11.6 Å². The first-order valence-electron chi connectivity index (χ1n) is 9.58. The average Bonchev–Trinajstić information content (AvgIpc) is 3.12. The Morgan fingerprint density at radius 1 is 1.18 bits per heavy atom. The van der Waals surface area contributed by atoms with Crippen molar-refractivity contribution in [3.63, 3.8) is 0 Å². The minimum atomic E-state index is -0.176. The van der Waals surface area contributed by atoms with Crippen molar-refractivity contribution in [3.05, 3.63) is 47.3 Å². The minimum absolute atomic E-state index is 0.176. The van der Waals surface area contributed by atoms with E-state index in [1.54, 1.807) is 6.20 Å². The first-order chi connectivity index (χ1) is 13.6. The van der Waals surface area contributed by atoms with E-state index < -0.39 is 0 Å². The second-order valence-corrected chi connectivity index (χ2v) is 7.24. The van der Waals surface area contributed by atoms with Crippen LogP contribution in [0.3, 0.4) is 0 Å². The third-order valence-corrected chi connectivity index (χ3v) is 4.94. The van der Waals surface area contributed by atoms with E-state index in [1.807, 2.05) is 10.7 Å². The fraction of sp³-hybridized carbons (Fsp3) is 0.400. The van der Waals surface area contributed by atoms with E-state index in [2.05, 4.69) is 63.0 Å². The van der Waals surface area contributed by atoms with E-state index in [9.17, 15) is 5.11 Å². The predicted octanol–water partition coefficient (Wildman–Crippen LogP) is 2.51. The van der Waals surface area contributed by atoms with Crippen molar-refractivity contribution in [2.75, 3.05) is 18.4 Å². The summed E-state index contributed by atoms with van der Waals surface area (Å²) in [4.78, 5) is 9.04. The molecule has 8 heteroatoms. The van der Waals surface area contributed by atoms with Gasteiger partial charge in [0.05, 0.1) is 18.3 Å². The van der Waals surface area contributed by atoms with Crippen LogP contribution < -0.4 is 10.6 Å². The smallest absolute Gasteiger partial charge is 0.227 e. The van der Waals surface area contributed by atoms with Crippen molar-refractivity contribution in [2.24, 2.45) is 0 Å². The standard InChI is InChI=1S/C20H25N7O/c1-13-9-14(2)11-15(10-13)23-20-22-8-5-17(24-20)19-18(12-28)25-26-27(19)16-3-6-21-7-4-16/h5,8-11,16,21,28H,3-4,6-7,12H2,1-2H3,(H,22,23,24). The number of hydrogen-bond acceptors (Lipinski definition) is 7. The van der Waals surface area contributed by atoms with Gasteiger partial charge < -0.3 is 15.7 Å². The number of aryl methyl sites for hydroxylation is 2. The van der Waals surface area contributed by atoms with Crippen LogP contribution in [0.1, 0.15) is 35.7 Å². The van der Waals surface area contributed by atoms with Gasteiger partial charge in [0.25, 0.3) is 0 Å². The van der Waals surface area contributed by atoms with E-state index >= 15 is 0 Å². The molecule has 3 N–H and O–H groups in total. The molecular weight excluding hydrogens is 354 g/mol. The molecular formula is C20H25N7O. The van der Waals surface area contributed by atoms with Gasteiger partial charge in [-0.05, 0) is 69.1 Å². The van der Waals surface area contributed by atoms with Gasteiger partial charge in [-0.2, -0.15) is 0 Å². The van der Waals surface area contributed by atoms with Gasteiger partial charge in [-0.15, -0.1) is 5.10 Å². The number of nitrogens with one attached hydrogen (secondary N) is 2. The molecule has 3 aromatic rings. The van der Waals surface area contributed by atoms with E-state index in [1.165, 1.54) is 11.1 Å². The fourth-order valence-corrected chi connectivity index (χ4v) is 3.73. The van der Waals surface area contributed by atoms with Crippen LogP contribution in [0.5, 0.6) is 0 Å². The zero-order chi connectivity index (χ0) is 19.5. The van der Waals surface area contributed by atoms with Crippen LogP contribution in [0, 0.1) is 13.8 Å². The highest BCUT2D eigenvalue weighted by atomic mass is 16.3. The highest BCUT2D eigenvalue weighted by Gasteiger charge is 2.23. The number of anilines is 2. The number of aliphatic hydroxyl groups is 1. The maximum Gasteiger partial charge on any atom is 0.227 e. The van der Waals surface area contributed by atoms with Crippen molar-refractivity contribution in [1.29, 1.82) is 0 Å². The van der Waals surface area contributed by atoms with Crippen LogP contribution in [0.25, 0.3) is 11.4 Å². The van der Waals surface area contributed by atoms with Gasteiger partial charge in [0.15, 0.2) is 0 Å². The lowest BCUT2D eigenvalue weighted by Crippen LogP contribution is -2.30. The highest BCUT2D eigenvalue weighted by molar-refractivity contribution is 5.61. The Morgan fingerprint density at radius 3 is 2.64 bits per heavy atom. The lowest BCUT2D eigenvalue weighted by atomic mass is 10.1. The van der Waals surface area contributed by atoms with E-state index in [4.69, 9.17) is 0 Å². The van der Waals surface area contributed by atoms with Gasteiger partial charge in [-0.25, -0.2) is 14.6 Å². The van der Waals surface area contributed by atoms with Crippen molar-refractivity contribution < 1.29 is 5.11 Å². The summed E-state index contributed by atoms with van der Waals surface area (Å²) in [6.45, 7) is 5.84. The Labute approximate surface area is 164 Å². The second kappa shape index (κ2) is 8.04. The summed E-state index contributed by atoms with van der Waals surface area (Å²) in [5, 5.41) is 24.9. The molecule has 0 spiro atoms. The molecule has 0 radical (unpaired) electrons. The second-order valence-electron chi connectivity index (χ2n) is 7.24. The lowest BCUT2D eigenvalue weighted by Gasteiger charge is -2.24. The maximum absolute atomic E-state index is 9.77. The first kappa shape index (κ1) is 18.5. The molecule has 2 aromatic heterocycles. The molecule has 1 fully saturated rings. The molecule has 1 aliphatic rings. The van der Waals surface area contributed by atoms with Crippen molar-refractivity contribution in [3.8, 4) is 11.4 Å². The largest absolute Gasteiger partial charge is 0.390 e.